The van der Waals surface area contributed by atoms with E-state index >= 15 is 0 Å². The second kappa shape index (κ2) is 3.17. The molecule has 0 amide bonds. The van der Waals surface area contributed by atoms with Crippen molar-refractivity contribution in [3.63, 3.8) is 0 Å². The van der Waals surface area contributed by atoms with Gasteiger partial charge in [-0.2, -0.15) is 5.48 Å². The Kier molecular flexibility index (Phi) is 4.62. The van der Waals surface area contributed by atoms with Crippen molar-refractivity contribution in [1.29, 1.82) is 0 Å². The second-order valence-electron chi connectivity index (χ2n) is 1.13. The molecule has 46 valence electrons. The van der Waals surface area contributed by atoms with Crippen LogP contribution in [-0.4, -0.2) is 21.3 Å². The summed E-state index contributed by atoms with van der Waals surface area (Å²) < 4.78 is 0. The van der Waals surface area contributed by atoms with Gasteiger partial charge in [0.2, 0.25) is 5.91 Å². The van der Waals surface area contributed by atoms with Gasteiger partial charge in [-0.1, -0.05) is 0 Å². The summed E-state index contributed by atoms with van der Waals surface area (Å²) in [5.74, 6) is -2.15. The first-order chi connectivity index (χ1) is 2.56. The topological polar surface area (TPSA) is 72.7 Å². The Balaban J connectivity index is 0. The number of rotatable bonds is 1. The highest BCUT2D eigenvalue weighted by molar-refractivity contribution is 5.85. The molecule has 0 aromatic heterocycles. The van der Waals surface area contributed by atoms with E-state index in [2.05, 4.69) is 0 Å². The van der Waals surface area contributed by atoms with Gasteiger partial charge in [0.15, 0.2) is 0 Å². The first-order valence-corrected chi connectivity index (χ1v) is 1.42. The summed E-state index contributed by atoms with van der Waals surface area (Å²) in [5, 5.41) is 23.7. The van der Waals surface area contributed by atoms with E-state index in [1.807, 2.05) is 0 Å². The van der Waals surface area contributed by atoms with Crippen LogP contribution < -0.4 is 5.48 Å². The normalized spacial score (nSPS) is 10.3. The molecule has 0 aliphatic rings. The van der Waals surface area contributed by atoms with E-state index < -0.39 is 5.91 Å². The van der Waals surface area contributed by atoms with Crippen molar-refractivity contribution >= 4 is 12.4 Å². The maximum Gasteiger partial charge on any atom is 0.241 e. The van der Waals surface area contributed by atoms with Crippen molar-refractivity contribution in [3.8, 4) is 0 Å². The molecular formula is C2H8ClNO3. The van der Waals surface area contributed by atoms with Gasteiger partial charge < -0.3 is 15.4 Å². The van der Waals surface area contributed by atoms with Gasteiger partial charge in [-0.3, -0.25) is 0 Å². The van der Waals surface area contributed by atoms with Crippen LogP contribution in [0.1, 0.15) is 6.92 Å². The number of hydrogen-bond acceptors (Lipinski definition) is 4. The van der Waals surface area contributed by atoms with Crippen LogP contribution in [-0.2, 0) is 0 Å². The van der Waals surface area contributed by atoms with Crippen molar-refractivity contribution in [2.75, 3.05) is 0 Å². The first-order valence-electron chi connectivity index (χ1n) is 1.42. The van der Waals surface area contributed by atoms with Crippen LogP contribution in [0, 0.1) is 0 Å². The maximum absolute atomic E-state index is 8.02. The summed E-state index contributed by atoms with van der Waals surface area (Å²) in [5.41, 5.74) is 1.22. The first kappa shape index (κ1) is 10.2. The molecule has 7 heavy (non-hydrogen) atoms. The molecule has 0 rings (SSSR count). The third-order valence-corrected chi connectivity index (χ3v) is 0.212. The Labute approximate surface area is 47.1 Å². The standard InChI is InChI=1S/C2H7NO3.ClH/c1-2(4,5)3-6;/h3-6H,1H3;1H. The maximum atomic E-state index is 8.02. The third kappa shape index (κ3) is 10.7. The average molecular weight is 130 g/mol. The fourth-order valence-corrected chi connectivity index (χ4v) is 0. The Bertz CT molecular complexity index is 42.7. The van der Waals surface area contributed by atoms with Gasteiger partial charge in [-0.15, -0.1) is 12.4 Å². The molecule has 0 aromatic rings. The molecule has 0 aliphatic heterocycles. The van der Waals surface area contributed by atoms with Crippen LogP contribution in [0.2, 0.25) is 0 Å². The molecule has 0 atom stereocenters. The summed E-state index contributed by atoms with van der Waals surface area (Å²) >= 11 is 0. The molecule has 0 aromatic carbocycles. The van der Waals surface area contributed by atoms with Gasteiger partial charge in [-0.05, 0) is 0 Å². The van der Waals surface area contributed by atoms with Crippen molar-refractivity contribution < 1.29 is 15.4 Å². The highest BCUT2D eigenvalue weighted by Crippen LogP contribution is 1.83. The van der Waals surface area contributed by atoms with E-state index in [1.165, 1.54) is 5.48 Å². The Morgan fingerprint density at radius 3 is 1.57 bits per heavy atom. The van der Waals surface area contributed by atoms with Crippen molar-refractivity contribution in [1.82, 2.24) is 5.48 Å². The third-order valence-electron chi connectivity index (χ3n) is 0.212. The minimum Gasteiger partial charge on any atom is -0.352 e. The lowest BCUT2D eigenvalue weighted by atomic mass is 10.6. The molecular weight excluding hydrogens is 121 g/mol. The van der Waals surface area contributed by atoms with Gasteiger partial charge in [0.05, 0.1) is 0 Å². The SMILES string of the molecule is CC(O)(O)NO.Cl. The molecule has 0 bridgehead atoms. The molecule has 0 unspecified atom stereocenters. The fourth-order valence-electron chi connectivity index (χ4n) is 0. The summed E-state index contributed by atoms with van der Waals surface area (Å²) in [6.07, 6.45) is 0. The summed E-state index contributed by atoms with van der Waals surface area (Å²) in [6, 6.07) is 0. The van der Waals surface area contributed by atoms with Crippen molar-refractivity contribution in [3.05, 3.63) is 0 Å². The molecule has 0 saturated heterocycles. The van der Waals surface area contributed by atoms with Crippen LogP contribution in [0.4, 0.5) is 0 Å². The molecule has 5 heteroatoms. The lowest BCUT2D eigenvalue weighted by Crippen LogP contribution is -2.39. The van der Waals surface area contributed by atoms with E-state index in [9.17, 15) is 0 Å². The van der Waals surface area contributed by atoms with Gasteiger partial charge in [0, 0.05) is 6.92 Å². The molecule has 0 fully saturated rings. The monoisotopic (exact) mass is 129 g/mol. The number of hydrogen-bond donors (Lipinski definition) is 4. The zero-order chi connectivity index (χ0) is 5.21. The zero-order valence-corrected chi connectivity index (χ0v) is 4.57. The Morgan fingerprint density at radius 1 is 1.43 bits per heavy atom. The molecule has 0 saturated carbocycles. The van der Waals surface area contributed by atoms with Crippen LogP contribution in [0.15, 0.2) is 0 Å². The highest BCUT2D eigenvalue weighted by Gasteiger charge is 2.09. The number of hydroxylamine groups is 1. The smallest absolute Gasteiger partial charge is 0.241 e. The largest absolute Gasteiger partial charge is 0.352 e. The lowest BCUT2D eigenvalue weighted by molar-refractivity contribution is -0.226. The van der Waals surface area contributed by atoms with Gasteiger partial charge in [-0.25, -0.2) is 0 Å². The van der Waals surface area contributed by atoms with E-state index in [4.69, 9.17) is 15.4 Å². The summed E-state index contributed by atoms with van der Waals surface area (Å²) in [7, 11) is 0. The summed E-state index contributed by atoms with van der Waals surface area (Å²) in [6.45, 7) is 0.993. The predicted molar refractivity (Wildman–Crippen MR) is 25.0 cm³/mol. The van der Waals surface area contributed by atoms with Crippen molar-refractivity contribution in [2.24, 2.45) is 0 Å². The molecule has 0 aliphatic carbocycles. The number of halogens is 1. The zero-order valence-electron chi connectivity index (χ0n) is 3.75. The quantitative estimate of drug-likeness (QED) is 0.272. The minimum absolute atomic E-state index is 0. The number of nitrogens with one attached hydrogen (secondary N) is 1. The Morgan fingerprint density at radius 2 is 1.57 bits per heavy atom. The van der Waals surface area contributed by atoms with Gasteiger partial charge in [0.1, 0.15) is 0 Å². The lowest BCUT2D eigenvalue weighted by Gasteiger charge is -2.10. The molecule has 4 N–H and O–H groups in total. The van der Waals surface area contributed by atoms with Crippen LogP contribution in [0.3, 0.4) is 0 Å². The molecule has 0 heterocycles. The van der Waals surface area contributed by atoms with E-state index in [-0.39, 0.29) is 12.4 Å². The van der Waals surface area contributed by atoms with Crippen molar-refractivity contribution in [2.45, 2.75) is 12.8 Å². The predicted octanol–water partition coefficient (Wildman–Crippen LogP) is -0.955. The Hall–Kier alpha value is 0.130. The number of aliphatic hydroxyl groups is 2. The van der Waals surface area contributed by atoms with Crippen LogP contribution in [0.25, 0.3) is 0 Å². The van der Waals surface area contributed by atoms with E-state index in [1.54, 1.807) is 0 Å². The second-order valence-corrected chi connectivity index (χ2v) is 1.13. The van der Waals surface area contributed by atoms with Gasteiger partial charge in [0.25, 0.3) is 0 Å². The minimum atomic E-state index is -2.15. The molecule has 0 radical (unpaired) electrons. The van der Waals surface area contributed by atoms with Crippen LogP contribution >= 0.6 is 12.4 Å². The summed E-state index contributed by atoms with van der Waals surface area (Å²) in [4.78, 5) is 0. The van der Waals surface area contributed by atoms with Gasteiger partial charge >= 0.3 is 0 Å². The van der Waals surface area contributed by atoms with E-state index in [0.29, 0.717) is 0 Å². The average Bonchev–Trinajstić information content (AvgIpc) is 1.35. The highest BCUT2D eigenvalue weighted by atomic mass is 35.5. The molecule has 0 spiro atoms. The van der Waals surface area contributed by atoms with E-state index in [0.717, 1.165) is 6.92 Å². The fraction of sp³-hybridized carbons (Fsp3) is 1.00. The molecule has 4 nitrogen and oxygen atoms in total. The van der Waals surface area contributed by atoms with Crippen LogP contribution in [0.5, 0.6) is 0 Å².